The van der Waals surface area contributed by atoms with Gasteiger partial charge >= 0.3 is 5.97 Å². The molecule has 3 unspecified atom stereocenters. The quantitative estimate of drug-likeness (QED) is 0.658. The molecule has 1 rings (SSSR count). The minimum Gasteiger partial charge on any atom is -0.465 e. The zero-order valence-corrected chi connectivity index (χ0v) is 10.1. The van der Waals surface area contributed by atoms with Crippen molar-refractivity contribution in [1.29, 1.82) is 0 Å². The summed E-state index contributed by atoms with van der Waals surface area (Å²) in [5.74, 6) is 0.694. The van der Waals surface area contributed by atoms with Crippen molar-refractivity contribution >= 4 is 5.97 Å². The zero-order chi connectivity index (χ0) is 11.3. The Kier molecular flexibility index (Phi) is 5.09. The summed E-state index contributed by atoms with van der Waals surface area (Å²) in [7, 11) is 0. The van der Waals surface area contributed by atoms with Crippen LogP contribution in [0.1, 0.15) is 46.5 Å². The molecule has 0 bridgehead atoms. The van der Waals surface area contributed by atoms with Crippen LogP contribution in [0.3, 0.4) is 0 Å². The highest BCUT2D eigenvalue weighted by Gasteiger charge is 2.38. The second-order valence-corrected chi connectivity index (χ2v) is 4.27. The van der Waals surface area contributed by atoms with Gasteiger partial charge in [-0.15, -0.1) is 0 Å². The molecule has 1 N–H and O–H groups in total. The average Bonchev–Trinajstić information content (AvgIpc) is 2.96. The van der Waals surface area contributed by atoms with E-state index in [1.165, 1.54) is 12.8 Å². The molecule has 3 atom stereocenters. The molecule has 3 nitrogen and oxygen atoms in total. The van der Waals surface area contributed by atoms with Crippen molar-refractivity contribution < 1.29 is 9.53 Å². The highest BCUT2D eigenvalue weighted by molar-refractivity contribution is 5.75. The molecular weight excluding hydrogens is 190 g/mol. The maximum Gasteiger partial charge on any atom is 0.323 e. The number of nitrogens with one attached hydrogen (secondary N) is 1. The lowest BCUT2D eigenvalue weighted by atomic mass is 10.1. The molecule has 0 aliphatic heterocycles. The molecule has 1 aliphatic carbocycles. The van der Waals surface area contributed by atoms with Crippen LogP contribution in [-0.4, -0.2) is 24.7 Å². The molecule has 1 fully saturated rings. The second-order valence-electron chi connectivity index (χ2n) is 4.27. The fourth-order valence-electron chi connectivity index (χ4n) is 1.96. The minimum atomic E-state index is -0.0866. The SMILES string of the molecule is CCCC(NC1CC1CC)C(=O)OCC. The van der Waals surface area contributed by atoms with Crippen LogP contribution in [0.15, 0.2) is 0 Å². The van der Waals surface area contributed by atoms with Crippen LogP contribution in [0.5, 0.6) is 0 Å². The van der Waals surface area contributed by atoms with Gasteiger partial charge in [0.15, 0.2) is 0 Å². The first-order valence-electron chi connectivity index (χ1n) is 6.15. The molecule has 0 aromatic heterocycles. The molecule has 0 aromatic rings. The van der Waals surface area contributed by atoms with E-state index in [9.17, 15) is 4.79 Å². The van der Waals surface area contributed by atoms with Crippen molar-refractivity contribution in [1.82, 2.24) is 5.32 Å². The monoisotopic (exact) mass is 213 g/mol. The number of carbonyl (C=O) groups is 1. The van der Waals surface area contributed by atoms with E-state index in [1.54, 1.807) is 0 Å². The highest BCUT2D eigenvalue weighted by atomic mass is 16.5. The maximum atomic E-state index is 11.6. The molecule has 0 radical (unpaired) electrons. The predicted octanol–water partition coefficient (Wildman–Crippen LogP) is 2.11. The summed E-state index contributed by atoms with van der Waals surface area (Å²) < 4.78 is 5.05. The topological polar surface area (TPSA) is 38.3 Å². The Bertz CT molecular complexity index is 206. The van der Waals surface area contributed by atoms with Crippen LogP contribution in [0.25, 0.3) is 0 Å². The predicted molar refractivity (Wildman–Crippen MR) is 60.7 cm³/mol. The molecule has 0 saturated heterocycles. The Hall–Kier alpha value is -0.570. The molecule has 0 spiro atoms. The summed E-state index contributed by atoms with van der Waals surface area (Å²) in [6, 6.07) is 0.465. The van der Waals surface area contributed by atoms with Gasteiger partial charge in [-0.1, -0.05) is 26.7 Å². The Morgan fingerprint density at radius 3 is 2.67 bits per heavy atom. The number of hydrogen-bond donors (Lipinski definition) is 1. The summed E-state index contributed by atoms with van der Waals surface area (Å²) in [4.78, 5) is 11.6. The van der Waals surface area contributed by atoms with E-state index < -0.39 is 0 Å². The minimum absolute atomic E-state index is 0.0823. The van der Waals surface area contributed by atoms with Crippen molar-refractivity contribution in [3.05, 3.63) is 0 Å². The van der Waals surface area contributed by atoms with E-state index in [0.717, 1.165) is 18.8 Å². The fraction of sp³-hybridized carbons (Fsp3) is 0.917. The number of ether oxygens (including phenoxy) is 1. The van der Waals surface area contributed by atoms with Gasteiger partial charge in [-0.2, -0.15) is 0 Å². The van der Waals surface area contributed by atoms with Crippen LogP contribution < -0.4 is 5.32 Å². The lowest BCUT2D eigenvalue weighted by Crippen LogP contribution is -2.39. The molecule has 0 heterocycles. The number of carbonyl (C=O) groups excluding carboxylic acids is 1. The molecule has 1 aliphatic rings. The molecule has 15 heavy (non-hydrogen) atoms. The first-order valence-corrected chi connectivity index (χ1v) is 6.15. The molecule has 0 aromatic carbocycles. The first kappa shape index (κ1) is 12.5. The van der Waals surface area contributed by atoms with E-state index in [4.69, 9.17) is 4.74 Å². The zero-order valence-electron chi connectivity index (χ0n) is 10.1. The number of esters is 1. The van der Waals surface area contributed by atoms with Gasteiger partial charge in [0, 0.05) is 6.04 Å². The highest BCUT2D eigenvalue weighted by Crippen LogP contribution is 2.33. The summed E-state index contributed by atoms with van der Waals surface area (Å²) in [5.41, 5.74) is 0. The fourth-order valence-corrected chi connectivity index (χ4v) is 1.96. The Balaban J connectivity index is 2.33. The van der Waals surface area contributed by atoms with Gasteiger partial charge in [0.2, 0.25) is 0 Å². The molecule has 88 valence electrons. The Morgan fingerprint density at radius 1 is 1.47 bits per heavy atom. The van der Waals surface area contributed by atoms with Gasteiger partial charge in [0.1, 0.15) is 6.04 Å². The normalized spacial score (nSPS) is 26.1. The van der Waals surface area contributed by atoms with Gasteiger partial charge in [0.05, 0.1) is 6.61 Å². The first-order chi connectivity index (χ1) is 7.22. The lowest BCUT2D eigenvalue weighted by molar-refractivity contribution is -0.145. The van der Waals surface area contributed by atoms with E-state index in [0.29, 0.717) is 12.6 Å². The maximum absolute atomic E-state index is 11.6. The summed E-state index contributed by atoms with van der Waals surface area (Å²) >= 11 is 0. The number of hydrogen-bond acceptors (Lipinski definition) is 3. The van der Waals surface area contributed by atoms with Crippen molar-refractivity contribution in [3.63, 3.8) is 0 Å². The smallest absolute Gasteiger partial charge is 0.323 e. The molecule has 0 amide bonds. The Morgan fingerprint density at radius 2 is 2.20 bits per heavy atom. The van der Waals surface area contributed by atoms with Crippen molar-refractivity contribution in [2.75, 3.05) is 6.61 Å². The van der Waals surface area contributed by atoms with Crippen molar-refractivity contribution in [2.24, 2.45) is 5.92 Å². The van der Waals surface area contributed by atoms with Crippen molar-refractivity contribution in [3.8, 4) is 0 Å². The summed E-state index contributed by atoms with van der Waals surface area (Å²) in [6.07, 6.45) is 4.32. The Labute approximate surface area is 92.6 Å². The number of rotatable bonds is 7. The third kappa shape index (κ3) is 3.82. The van der Waals surface area contributed by atoms with E-state index in [-0.39, 0.29) is 12.0 Å². The summed E-state index contributed by atoms with van der Waals surface area (Å²) in [6.45, 7) is 6.62. The largest absolute Gasteiger partial charge is 0.465 e. The van der Waals surface area contributed by atoms with E-state index in [1.807, 2.05) is 6.92 Å². The van der Waals surface area contributed by atoms with E-state index >= 15 is 0 Å². The van der Waals surface area contributed by atoms with Gasteiger partial charge < -0.3 is 10.1 Å². The van der Waals surface area contributed by atoms with Gasteiger partial charge in [0.25, 0.3) is 0 Å². The third-order valence-corrected chi connectivity index (χ3v) is 3.01. The summed E-state index contributed by atoms with van der Waals surface area (Å²) in [5, 5.41) is 3.40. The standard InChI is InChI=1S/C12H23NO2/c1-4-7-10(12(14)15-6-3)13-11-8-9(11)5-2/h9-11,13H,4-8H2,1-3H3. The van der Waals surface area contributed by atoms with Gasteiger partial charge in [-0.05, 0) is 25.7 Å². The molecule has 3 heteroatoms. The second kappa shape index (κ2) is 6.11. The van der Waals surface area contributed by atoms with Crippen LogP contribution in [-0.2, 0) is 9.53 Å². The van der Waals surface area contributed by atoms with Gasteiger partial charge in [-0.25, -0.2) is 0 Å². The van der Waals surface area contributed by atoms with Crippen LogP contribution in [0.4, 0.5) is 0 Å². The van der Waals surface area contributed by atoms with E-state index in [2.05, 4.69) is 19.2 Å². The van der Waals surface area contributed by atoms with Crippen molar-refractivity contribution in [2.45, 2.75) is 58.5 Å². The third-order valence-electron chi connectivity index (χ3n) is 3.01. The average molecular weight is 213 g/mol. The van der Waals surface area contributed by atoms with Crippen LogP contribution >= 0.6 is 0 Å². The lowest BCUT2D eigenvalue weighted by Gasteiger charge is -2.16. The van der Waals surface area contributed by atoms with Crippen LogP contribution in [0, 0.1) is 5.92 Å². The molecular formula is C12H23NO2. The van der Waals surface area contributed by atoms with Crippen LogP contribution in [0.2, 0.25) is 0 Å². The van der Waals surface area contributed by atoms with Gasteiger partial charge in [-0.3, -0.25) is 4.79 Å². The molecule has 1 saturated carbocycles.